The number of rotatable bonds is 1. The number of alkyl halides is 3. The monoisotopic (exact) mass is 319 g/mol. The molecule has 3 nitrogen and oxygen atoms in total. The van der Waals surface area contributed by atoms with Crippen LogP contribution in [0.2, 0.25) is 0 Å². The van der Waals surface area contributed by atoms with Crippen LogP contribution in [0.25, 0.3) is 0 Å². The zero-order chi connectivity index (χ0) is 13.5. The van der Waals surface area contributed by atoms with E-state index in [0.717, 1.165) is 24.3 Å². The van der Waals surface area contributed by atoms with E-state index in [1.54, 1.807) is 0 Å². The van der Waals surface area contributed by atoms with Crippen LogP contribution in [0.4, 0.5) is 18.9 Å². The molecule has 0 fully saturated rings. The van der Waals surface area contributed by atoms with Gasteiger partial charge in [-0.3, -0.25) is 9.59 Å². The Morgan fingerprint density at radius 3 is 2.11 bits per heavy atom. The molecule has 1 aliphatic rings. The van der Waals surface area contributed by atoms with Gasteiger partial charge in [0.25, 0.3) is 11.8 Å². The fourth-order valence-corrected chi connectivity index (χ4v) is 2.22. The van der Waals surface area contributed by atoms with Crippen molar-refractivity contribution in [3.63, 3.8) is 0 Å². The van der Waals surface area contributed by atoms with E-state index >= 15 is 0 Å². The third-order valence-electron chi connectivity index (χ3n) is 2.33. The van der Waals surface area contributed by atoms with E-state index in [4.69, 9.17) is 0 Å². The third kappa shape index (κ3) is 2.05. The van der Waals surface area contributed by atoms with E-state index in [2.05, 4.69) is 15.9 Å². The highest BCUT2D eigenvalue weighted by atomic mass is 79.9. The molecular formula is C11H5BrF3NO2. The first-order valence-electron chi connectivity index (χ1n) is 4.74. The molecule has 18 heavy (non-hydrogen) atoms. The van der Waals surface area contributed by atoms with Gasteiger partial charge in [-0.1, -0.05) is 6.07 Å². The topological polar surface area (TPSA) is 37.4 Å². The molecule has 2 amide bonds. The molecule has 1 heterocycles. The van der Waals surface area contributed by atoms with E-state index in [1.807, 2.05) is 0 Å². The molecule has 0 saturated carbocycles. The number of hydrogen-bond donors (Lipinski definition) is 0. The average molecular weight is 320 g/mol. The van der Waals surface area contributed by atoms with Crippen LogP contribution in [0.1, 0.15) is 5.56 Å². The van der Waals surface area contributed by atoms with E-state index in [0.29, 0.717) is 4.90 Å². The number of benzene rings is 1. The summed E-state index contributed by atoms with van der Waals surface area (Å²) in [6.07, 6.45) is -2.54. The average Bonchev–Trinajstić information content (AvgIpc) is 2.58. The summed E-state index contributed by atoms with van der Waals surface area (Å²) in [5, 5.41) is 0. The number of carbonyl (C=O) groups is 2. The summed E-state index contributed by atoms with van der Waals surface area (Å²) in [6.45, 7) is 0. The first-order chi connectivity index (χ1) is 8.32. The molecule has 1 aromatic carbocycles. The van der Waals surface area contributed by atoms with Gasteiger partial charge in [-0.2, -0.15) is 13.2 Å². The Morgan fingerprint density at radius 1 is 1.06 bits per heavy atom. The highest BCUT2D eigenvalue weighted by molar-refractivity contribution is 9.10. The molecule has 0 atom stereocenters. The van der Waals surface area contributed by atoms with Gasteiger partial charge in [0.15, 0.2) is 0 Å². The maximum Gasteiger partial charge on any atom is 0.417 e. The van der Waals surface area contributed by atoms with E-state index < -0.39 is 23.6 Å². The maximum absolute atomic E-state index is 12.7. The van der Waals surface area contributed by atoms with Gasteiger partial charge in [-0.25, -0.2) is 4.90 Å². The van der Waals surface area contributed by atoms with Gasteiger partial charge in [0.05, 0.1) is 15.7 Å². The molecule has 0 radical (unpaired) electrons. The predicted molar refractivity (Wildman–Crippen MR) is 60.8 cm³/mol. The molecule has 0 spiro atoms. The SMILES string of the molecule is O=C1C=CC(=O)N1c1cccc(C(F)(F)F)c1Br. The van der Waals surface area contributed by atoms with Gasteiger partial charge in [-0.05, 0) is 28.1 Å². The molecule has 0 saturated heterocycles. The smallest absolute Gasteiger partial charge is 0.269 e. The molecule has 94 valence electrons. The van der Waals surface area contributed by atoms with Gasteiger partial charge in [0.1, 0.15) is 0 Å². The van der Waals surface area contributed by atoms with E-state index in [1.165, 1.54) is 6.07 Å². The second kappa shape index (κ2) is 4.24. The van der Waals surface area contributed by atoms with Gasteiger partial charge in [-0.15, -0.1) is 0 Å². The van der Waals surface area contributed by atoms with Crippen molar-refractivity contribution < 1.29 is 22.8 Å². The number of carbonyl (C=O) groups excluding carboxylic acids is 2. The number of nitrogens with zero attached hydrogens (tertiary/aromatic N) is 1. The van der Waals surface area contributed by atoms with Crippen LogP contribution in [0, 0.1) is 0 Å². The van der Waals surface area contributed by atoms with Crippen LogP contribution in [-0.4, -0.2) is 11.8 Å². The highest BCUT2D eigenvalue weighted by Gasteiger charge is 2.36. The molecule has 0 aliphatic carbocycles. The second-order valence-electron chi connectivity index (χ2n) is 3.48. The number of amides is 2. The predicted octanol–water partition coefficient (Wildman–Crippen LogP) is 2.90. The Balaban J connectivity index is 2.54. The van der Waals surface area contributed by atoms with Crippen molar-refractivity contribution in [2.75, 3.05) is 4.90 Å². The Morgan fingerprint density at radius 2 is 1.61 bits per heavy atom. The molecule has 0 bridgehead atoms. The summed E-state index contributed by atoms with van der Waals surface area (Å²) in [5.41, 5.74) is -1.06. The molecule has 0 N–H and O–H groups in total. The largest absolute Gasteiger partial charge is 0.417 e. The first kappa shape index (κ1) is 12.8. The first-order valence-corrected chi connectivity index (χ1v) is 5.53. The van der Waals surface area contributed by atoms with Crippen LogP contribution < -0.4 is 4.90 Å². The Labute approximate surface area is 108 Å². The number of imide groups is 1. The molecular weight excluding hydrogens is 315 g/mol. The zero-order valence-corrected chi connectivity index (χ0v) is 10.2. The van der Waals surface area contributed by atoms with Crippen molar-refractivity contribution in [2.45, 2.75) is 6.18 Å². The molecule has 0 unspecified atom stereocenters. The van der Waals surface area contributed by atoms with E-state index in [-0.39, 0.29) is 10.2 Å². The summed E-state index contributed by atoms with van der Waals surface area (Å²) in [6, 6.07) is 3.27. The molecule has 1 aromatic rings. The lowest BCUT2D eigenvalue weighted by atomic mass is 10.2. The summed E-state index contributed by atoms with van der Waals surface area (Å²) in [4.78, 5) is 23.5. The minimum Gasteiger partial charge on any atom is -0.269 e. The summed E-state index contributed by atoms with van der Waals surface area (Å²) in [5.74, 6) is -1.33. The fourth-order valence-electron chi connectivity index (χ4n) is 1.55. The number of halogens is 4. The Hall–Kier alpha value is -1.63. The van der Waals surface area contributed by atoms with Gasteiger partial charge < -0.3 is 0 Å². The Kier molecular flexibility index (Phi) is 3.02. The van der Waals surface area contributed by atoms with Crippen LogP contribution in [-0.2, 0) is 15.8 Å². The molecule has 2 rings (SSSR count). The third-order valence-corrected chi connectivity index (χ3v) is 3.17. The van der Waals surface area contributed by atoms with Crippen molar-refractivity contribution >= 4 is 33.4 Å². The molecule has 0 aromatic heterocycles. The molecule has 7 heteroatoms. The van der Waals surface area contributed by atoms with Crippen molar-refractivity contribution in [3.05, 3.63) is 40.4 Å². The van der Waals surface area contributed by atoms with Gasteiger partial charge in [0.2, 0.25) is 0 Å². The standard InChI is InChI=1S/C11H5BrF3NO2/c12-10-6(11(13,14)15)2-1-3-7(10)16-8(17)4-5-9(16)18/h1-5H. The maximum atomic E-state index is 12.7. The Bertz CT molecular complexity index is 548. The van der Waals surface area contributed by atoms with Crippen LogP contribution >= 0.6 is 15.9 Å². The van der Waals surface area contributed by atoms with Crippen LogP contribution in [0.3, 0.4) is 0 Å². The lowest BCUT2D eigenvalue weighted by Crippen LogP contribution is -2.30. The van der Waals surface area contributed by atoms with Crippen molar-refractivity contribution in [2.24, 2.45) is 0 Å². The van der Waals surface area contributed by atoms with E-state index in [9.17, 15) is 22.8 Å². The van der Waals surface area contributed by atoms with Crippen molar-refractivity contribution in [1.29, 1.82) is 0 Å². The molecule has 1 aliphatic heterocycles. The number of hydrogen-bond acceptors (Lipinski definition) is 2. The van der Waals surface area contributed by atoms with Crippen molar-refractivity contribution in [3.8, 4) is 0 Å². The second-order valence-corrected chi connectivity index (χ2v) is 4.27. The quantitative estimate of drug-likeness (QED) is 0.746. The fraction of sp³-hybridized carbons (Fsp3) is 0.0909. The lowest BCUT2D eigenvalue weighted by molar-refractivity contribution is -0.138. The van der Waals surface area contributed by atoms with Crippen LogP contribution in [0.15, 0.2) is 34.8 Å². The summed E-state index contributed by atoms with van der Waals surface area (Å²) >= 11 is 2.79. The van der Waals surface area contributed by atoms with Crippen LogP contribution in [0.5, 0.6) is 0 Å². The number of anilines is 1. The highest BCUT2D eigenvalue weighted by Crippen LogP contribution is 2.40. The lowest BCUT2D eigenvalue weighted by Gasteiger charge is -2.18. The van der Waals surface area contributed by atoms with Gasteiger partial charge in [0, 0.05) is 12.2 Å². The minimum atomic E-state index is -4.56. The normalized spacial score (nSPS) is 15.7. The van der Waals surface area contributed by atoms with Crippen molar-refractivity contribution in [1.82, 2.24) is 0 Å². The van der Waals surface area contributed by atoms with Gasteiger partial charge >= 0.3 is 6.18 Å². The summed E-state index contributed by atoms with van der Waals surface area (Å²) in [7, 11) is 0. The zero-order valence-electron chi connectivity index (χ0n) is 8.66. The summed E-state index contributed by atoms with van der Waals surface area (Å²) < 4.78 is 37.7. The minimum absolute atomic E-state index is 0.121.